The van der Waals surface area contributed by atoms with Crippen LogP contribution in [-0.4, -0.2) is 46.0 Å². The fraction of sp³-hybridized carbons (Fsp3) is 0.348. The molecule has 0 bridgehead atoms. The Hall–Kier alpha value is -3.19. The number of aromatic nitrogens is 3. The highest BCUT2D eigenvalue weighted by atomic mass is 15.3. The Labute approximate surface area is 178 Å². The van der Waals surface area contributed by atoms with Crippen molar-refractivity contribution in [2.75, 3.05) is 42.1 Å². The molecule has 0 radical (unpaired) electrons. The maximum atomic E-state index is 6.52. The van der Waals surface area contributed by atoms with Gasteiger partial charge >= 0.3 is 0 Å². The van der Waals surface area contributed by atoms with Gasteiger partial charge in [0, 0.05) is 19.3 Å². The minimum atomic E-state index is 0.540. The lowest BCUT2D eigenvalue weighted by Gasteiger charge is -2.27. The Balaban J connectivity index is 1.53. The number of benzene rings is 1. The van der Waals surface area contributed by atoms with Gasteiger partial charge in [-0.1, -0.05) is 42.8 Å². The lowest BCUT2D eigenvalue weighted by atomic mass is 10.1. The summed E-state index contributed by atoms with van der Waals surface area (Å²) in [5, 5.41) is 3.41. The van der Waals surface area contributed by atoms with Crippen LogP contribution < -0.4 is 16.0 Å². The molecule has 3 N–H and O–H groups in total. The second kappa shape index (κ2) is 10.0. The van der Waals surface area contributed by atoms with Gasteiger partial charge in [0.25, 0.3) is 0 Å². The van der Waals surface area contributed by atoms with E-state index in [1.807, 2.05) is 41.3 Å². The summed E-state index contributed by atoms with van der Waals surface area (Å²) in [4.78, 5) is 18.0. The van der Waals surface area contributed by atoms with E-state index in [4.69, 9.17) is 5.73 Å². The molecule has 7 nitrogen and oxygen atoms in total. The number of hydrogen-bond donors (Lipinski definition) is 2. The summed E-state index contributed by atoms with van der Waals surface area (Å²) in [6, 6.07) is 16.1. The SMILES string of the molecule is Nc1c(NCCN2CCCCC2)ncnc1N(Cc1ccccc1)c1ccccn1. The normalized spacial score (nSPS) is 14.4. The summed E-state index contributed by atoms with van der Waals surface area (Å²) in [6.07, 6.45) is 7.27. The molecular formula is C23H29N7. The molecule has 1 aliphatic heterocycles. The largest absolute Gasteiger partial charge is 0.393 e. The van der Waals surface area contributed by atoms with Crippen LogP contribution >= 0.6 is 0 Å². The van der Waals surface area contributed by atoms with Crippen LogP contribution in [0.25, 0.3) is 0 Å². The first-order valence-electron chi connectivity index (χ1n) is 10.6. The predicted molar refractivity (Wildman–Crippen MR) is 122 cm³/mol. The van der Waals surface area contributed by atoms with Gasteiger partial charge in [0.2, 0.25) is 0 Å². The number of piperidine rings is 1. The zero-order chi connectivity index (χ0) is 20.6. The molecule has 3 aromatic rings. The number of nitrogen functional groups attached to an aromatic ring is 1. The van der Waals surface area contributed by atoms with E-state index in [9.17, 15) is 0 Å². The van der Waals surface area contributed by atoms with Crippen molar-refractivity contribution in [3.63, 3.8) is 0 Å². The summed E-state index contributed by atoms with van der Waals surface area (Å²) in [7, 11) is 0. The molecule has 7 heteroatoms. The van der Waals surface area contributed by atoms with E-state index in [1.54, 1.807) is 12.5 Å². The van der Waals surface area contributed by atoms with Gasteiger partial charge in [0.1, 0.15) is 17.8 Å². The van der Waals surface area contributed by atoms with E-state index in [2.05, 4.69) is 37.3 Å². The van der Waals surface area contributed by atoms with Gasteiger partial charge < -0.3 is 20.9 Å². The average molecular weight is 404 g/mol. The van der Waals surface area contributed by atoms with Crippen LogP contribution in [-0.2, 0) is 6.54 Å². The Morgan fingerprint density at radius 3 is 2.50 bits per heavy atom. The van der Waals surface area contributed by atoms with E-state index in [1.165, 1.54) is 32.4 Å². The number of nitrogens with zero attached hydrogens (tertiary/aromatic N) is 5. The van der Waals surface area contributed by atoms with Crippen LogP contribution in [0.3, 0.4) is 0 Å². The summed E-state index contributed by atoms with van der Waals surface area (Å²) in [5.41, 5.74) is 8.22. The molecule has 0 saturated carbocycles. The molecule has 0 atom stereocenters. The zero-order valence-electron chi connectivity index (χ0n) is 17.2. The Morgan fingerprint density at radius 2 is 1.73 bits per heavy atom. The lowest BCUT2D eigenvalue weighted by molar-refractivity contribution is 0.237. The highest BCUT2D eigenvalue weighted by Crippen LogP contribution is 2.32. The summed E-state index contributed by atoms with van der Waals surface area (Å²) in [5.74, 6) is 2.13. The first-order chi connectivity index (χ1) is 14.8. The molecule has 0 unspecified atom stereocenters. The smallest absolute Gasteiger partial charge is 0.163 e. The van der Waals surface area contributed by atoms with E-state index in [0.29, 0.717) is 23.9 Å². The van der Waals surface area contributed by atoms with Crippen LogP contribution in [0.4, 0.5) is 23.1 Å². The molecule has 1 aliphatic rings. The molecule has 3 heterocycles. The van der Waals surface area contributed by atoms with Crippen LogP contribution in [0.15, 0.2) is 61.1 Å². The van der Waals surface area contributed by atoms with Crippen molar-refractivity contribution >= 4 is 23.1 Å². The molecule has 156 valence electrons. The molecule has 30 heavy (non-hydrogen) atoms. The van der Waals surface area contributed by atoms with Crippen molar-refractivity contribution in [2.24, 2.45) is 0 Å². The Kier molecular flexibility index (Phi) is 6.72. The standard InChI is InChI=1S/C23H29N7/c24-21-22(26-13-16-29-14-7-2-8-15-29)27-18-28-23(21)30(20-11-5-6-12-25-20)17-19-9-3-1-4-10-19/h1,3-6,9-12,18H,2,7-8,13-17,24H2,(H,26,27,28). The van der Waals surface area contributed by atoms with Gasteiger partial charge in [-0.15, -0.1) is 0 Å². The third-order valence-electron chi connectivity index (χ3n) is 5.40. The minimum Gasteiger partial charge on any atom is -0.393 e. The molecule has 0 amide bonds. The molecule has 4 rings (SSSR count). The second-order valence-corrected chi connectivity index (χ2v) is 7.55. The maximum absolute atomic E-state index is 6.52. The number of hydrogen-bond acceptors (Lipinski definition) is 7. The molecular weight excluding hydrogens is 374 g/mol. The lowest BCUT2D eigenvalue weighted by Crippen LogP contribution is -2.34. The number of nitrogens with two attached hydrogens (primary N) is 1. The first kappa shape index (κ1) is 20.1. The van der Waals surface area contributed by atoms with Crippen molar-refractivity contribution in [3.8, 4) is 0 Å². The fourth-order valence-corrected chi connectivity index (χ4v) is 3.80. The maximum Gasteiger partial charge on any atom is 0.163 e. The number of rotatable bonds is 8. The topological polar surface area (TPSA) is 83.2 Å². The fourth-order valence-electron chi connectivity index (χ4n) is 3.80. The quantitative estimate of drug-likeness (QED) is 0.593. The summed E-state index contributed by atoms with van der Waals surface area (Å²) in [6.45, 7) is 4.77. The number of pyridine rings is 1. The highest BCUT2D eigenvalue weighted by molar-refractivity contribution is 5.78. The molecule has 1 aromatic carbocycles. The van der Waals surface area contributed by atoms with Crippen LogP contribution in [0.5, 0.6) is 0 Å². The molecule has 0 aliphatic carbocycles. The van der Waals surface area contributed by atoms with E-state index in [0.717, 1.165) is 24.5 Å². The van der Waals surface area contributed by atoms with Crippen molar-refractivity contribution in [1.29, 1.82) is 0 Å². The van der Waals surface area contributed by atoms with Crippen molar-refractivity contribution < 1.29 is 0 Å². The molecule has 1 saturated heterocycles. The summed E-state index contributed by atoms with van der Waals surface area (Å²) >= 11 is 0. The van der Waals surface area contributed by atoms with E-state index < -0.39 is 0 Å². The van der Waals surface area contributed by atoms with Crippen LogP contribution in [0.1, 0.15) is 24.8 Å². The molecule has 0 spiro atoms. The molecule has 2 aromatic heterocycles. The van der Waals surface area contributed by atoms with Crippen molar-refractivity contribution in [2.45, 2.75) is 25.8 Å². The summed E-state index contributed by atoms with van der Waals surface area (Å²) < 4.78 is 0. The Morgan fingerprint density at radius 1 is 0.933 bits per heavy atom. The van der Waals surface area contributed by atoms with E-state index >= 15 is 0 Å². The predicted octanol–water partition coefficient (Wildman–Crippen LogP) is 3.69. The second-order valence-electron chi connectivity index (χ2n) is 7.55. The average Bonchev–Trinajstić information content (AvgIpc) is 2.81. The third kappa shape index (κ3) is 5.04. The number of likely N-dealkylation sites (tertiary alicyclic amines) is 1. The van der Waals surface area contributed by atoms with Crippen LogP contribution in [0.2, 0.25) is 0 Å². The highest BCUT2D eigenvalue weighted by Gasteiger charge is 2.18. The van der Waals surface area contributed by atoms with Gasteiger partial charge in [0.05, 0.1) is 6.54 Å². The van der Waals surface area contributed by atoms with Crippen molar-refractivity contribution in [3.05, 3.63) is 66.6 Å². The molecule has 1 fully saturated rings. The van der Waals surface area contributed by atoms with Gasteiger partial charge in [-0.3, -0.25) is 0 Å². The van der Waals surface area contributed by atoms with E-state index in [-0.39, 0.29) is 0 Å². The minimum absolute atomic E-state index is 0.540. The van der Waals surface area contributed by atoms with Gasteiger partial charge in [-0.05, 0) is 43.6 Å². The monoisotopic (exact) mass is 403 g/mol. The number of anilines is 4. The third-order valence-corrected chi connectivity index (χ3v) is 5.40. The first-order valence-corrected chi connectivity index (χ1v) is 10.6. The van der Waals surface area contributed by atoms with Crippen LogP contribution in [0, 0.1) is 0 Å². The number of nitrogens with one attached hydrogen (secondary N) is 1. The van der Waals surface area contributed by atoms with Gasteiger partial charge in [0.15, 0.2) is 11.6 Å². The van der Waals surface area contributed by atoms with Gasteiger partial charge in [-0.2, -0.15) is 0 Å². The zero-order valence-corrected chi connectivity index (χ0v) is 17.2. The van der Waals surface area contributed by atoms with Gasteiger partial charge in [-0.25, -0.2) is 15.0 Å². The van der Waals surface area contributed by atoms with Crippen molar-refractivity contribution in [1.82, 2.24) is 19.9 Å². The Bertz CT molecular complexity index is 911.